The first-order valence-corrected chi connectivity index (χ1v) is 1.97. The van der Waals surface area contributed by atoms with E-state index >= 15 is 0 Å². The fourth-order valence-electron chi connectivity index (χ4n) is 0. The van der Waals surface area contributed by atoms with Crippen LogP contribution in [0.4, 0.5) is 0 Å². The highest BCUT2D eigenvalue weighted by atomic mass is 79.9. The van der Waals surface area contributed by atoms with Gasteiger partial charge in [-0.3, -0.25) is 0 Å². The van der Waals surface area contributed by atoms with Crippen LogP contribution < -0.4 is 0 Å². The zero-order valence-corrected chi connectivity index (χ0v) is 4.44. The highest BCUT2D eigenvalue weighted by Gasteiger charge is 2.09. The molecule has 0 atom stereocenters. The van der Waals surface area contributed by atoms with Gasteiger partial charge in [0, 0.05) is 0 Å². The molecule has 0 fully saturated rings. The number of rotatable bonds is 0. The molecular formula is C3H3BrO2. The van der Waals surface area contributed by atoms with E-state index < -0.39 is 4.70 Å². The van der Waals surface area contributed by atoms with Gasteiger partial charge in [0.25, 0.3) is 4.70 Å². The van der Waals surface area contributed by atoms with E-state index in [0.29, 0.717) is 0 Å². The second-order valence-electron chi connectivity index (χ2n) is 0.731. The van der Waals surface area contributed by atoms with Crippen molar-refractivity contribution in [2.24, 2.45) is 0 Å². The van der Waals surface area contributed by atoms with E-state index in [4.69, 9.17) is 10.2 Å². The molecule has 0 radical (unpaired) electrons. The van der Waals surface area contributed by atoms with E-state index in [1.807, 2.05) is 0 Å². The van der Waals surface area contributed by atoms with Crippen LogP contribution in [0.3, 0.4) is 0 Å². The van der Waals surface area contributed by atoms with Crippen LogP contribution in [0.15, 0.2) is 0 Å². The fourth-order valence-corrected chi connectivity index (χ4v) is 0. The highest BCUT2D eigenvalue weighted by molar-refractivity contribution is 9.10. The van der Waals surface area contributed by atoms with Crippen molar-refractivity contribution < 1.29 is 10.2 Å². The van der Waals surface area contributed by atoms with Crippen LogP contribution in [-0.4, -0.2) is 14.9 Å². The van der Waals surface area contributed by atoms with E-state index in [-0.39, 0.29) is 0 Å². The number of hydrogen-bond donors (Lipinski definition) is 2. The van der Waals surface area contributed by atoms with Crippen LogP contribution in [0.1, 0.15) is 0 Å². The summed E-state index contributed by atoms with van der Waals surface area (Å²) in [6.07, 6.45) is 4.51. The van der Waals surface area contributed by atoms with Crippen LogP contribution in [-0.2, 0) is 0 Å². The Balaban J connectivity index is 3.55. The molecule has 0 bridgehead atoms. The predicted octanol–water partition coefficient (Wildman–Crippen LogP) is -0.347. The smallest absolute Gasteiger partial charge is 0.287 e. The Bertz CT molecular complexity index is 75.8. The van der Waals surface area contributed by atoms with Crippen LogP contribution >= 0.6 is 15.9 Å². The van der Waals surface area contributed by atoms with Gasteiger partial charge in [-0.05, 0) is 21.9 Å². The summed E-state index contributed by atoms with van der Waals surface area (Å²) in [5.74, 6) is 1.63. The van der Waals surface area contributed by atoms with Gasteiger partial charge in [-0.25, -0.2) is 0 Å². The molecule has 0 aliphatic carbocycles. The number of hydrogen-bond acceptors (Lipinski definition) is 2. The Morgan fingerprint density at radius 1 is 1.67 bits per heavy atom. The van der Waals surface area contributed by atoms with Crippen LogP contribution in [0.5, 0.6) is 0 Å². The Kier molecular flexibility index (Phi) is 1.59. The molecule has 0 aliphatic rings. The Morgan fingerprint density at radius 2 is 1.83 bits per heavy atom. The van der Waals surface area contributed by atoms with E-state index in [0.717, 1.165) is 0 Å². The molecule has 0 amide bonds. The van der Waals surface area contributed by atoms with Crippen LogP contribution in [0, 0.1) is 12.3 Å². The summed E-state index contributed by atoms with van der Waals surface area (Å²) in [5.41, 5.74) is 0. The van der Waals surface area contributed by atoms with Crippen molar-refractivity contribution in [3.8, 4) is 12.3 Å². The first-order valence-electron chi connectivity index (χ1n) is 1.17. The van der Waals surface area contributed by atoms with Crippen LogP contribution in [0.25, 0.3) is 0 Å². The standard InChI is InChI=1S/C3H3BrO2/c1-2-3(4,5)6/h1,5-6H. The third-order valence-electron chi connectivity index (χ3n) is 0.184. The summed E-state index contributed by atoms with van der Waals surface area (Å²) in [7, 11) is 0. The third kappa shape index (κ3) is 3.96. The van der Waals surface area contributed by atoms with Gasteiger partial charge in [0.1, 0.15) is 0 Å². The summed E-state index contributed by atoms with van der Waals surface area (Å²) >= 11 is 2.35. The van der Waals surface area contributed by atoms with Crippen molar-refractivity contribution >= 4 is 15.9 Å². The lowest BCUT2D eigenvalue weighted by molar-refractivity contribution is -0.0169. The first kappa shape index (κ1) is 5.96. The molecular weight excluding hydrogens is 148 g/mol. The molecule has 2 N–H and O–H groups in total. The summed E-state index contributed by atoms with van der Waals surface area (Å²) < 4.78 is -2.12. The van der Waals surface area contributed by atoms with Crippen molar-refractivity contribution in [1.29, 1.82) is 0 Å². The van der Waals surface area contributed by atoms with Crippen molar-refractivity contribution in [3.63, 3.8) is 0 Å². The van der Waals surface area contributed by atoms with Gasteiger partial charge in [0.15, 0.2) is 0 Å². The summed E-state index contributed by atoms with van der Waals surface area (Å²) in [6, 6.07) is 0. The van der Waals surface area contributed by atoms with Crippen molar-refractivity contribution in [3.05, 3.63) is 0 Å². The maximum absolute atomic E-state index is 8.06. The first-order chi connectivity index (χ1) is 2.56. The fraction of sp³-hybridized carbons (Fsp3) is 0.333. The predicted molar refractivity (Wildman–Crippen MR) is 24.9 cm³/mol. The maximum atomic E-state index is 8.06. The van der Waals surface area contributed by atoms with Crippen molar-refractivity contribution in [2.75, 3.05) is 0 Å². The summed E-state index contributed by atoms with van der Waals surface area (Å²) in [6.45, 7) is 0. The van der Waals surface area contributed by atoms with E-state index in [1.165, 1.54) is 0 Å². The average Bonchev–Trinajstić information content (AvgIpc) is 1.35. The van der Waals surface area contributed by atoms with Gasteiger partial charge in [-0.15, -0.1) is 6.42 Å². The van der Waals surface area contributed by atoms with Gasteiger partial charge < -0.3 is 10.2 Å². The molecule has 0 aromatic carbocycles. The quantitative estimate of drug-likeness (QED) is 0.282. The molecule has 3 heteroatoms. The molecule has 0 saturated carbocycles. The topological polar surface area (TPSA) is 40.5 Å². The molecule has 0 rings (SSSR count). The Labute approximate surface area is 43.9 Å². The van der Waals surface area contributed by atoms with Crippen LogP contribution in [0.2, 0.25) is 0 Å². The lowest BCUT2D eigenvalue weighted by Crippen LogP contribution is -2.13. The number of alkyl halides is 1. The zero-order valence-electron chi connectivity index (χ0n) is 2.85. The average molecular weight is 151 g/mol. The molecule has 34 valence electrons. The molecule has 0 saturated heterocycles. The lowest BCUT2D eigenvalue weighted by Gasteiger charge is -1.99. The van der Waals surface area contributed by atoms with Crippen molar-refractivity contribution in [1.82, 2.24) is 0 Å². The van der Waals surface area contributed by atoms with Gasteiger partial charge >= 0.3 is 0 Å². The van der Waals surface area contributed by atoms with E-state index in [1.54, 1.807) is 5.92 Å². The van der Waals surface area contributed by atoms with Crippen molar-refractivity contribution in [2.45, 2.75) is 4.70 Å². The molecule has 2 nitrogen and oxygen atoms in total. The zero-order chi connectivity index (χ0) is 5.21. The minimum Gasteiger partial charge on any atom is -0.347 e. The maximum Gasteiger partial charge on any atom is 0.287 e. The second-order valence-corrected chi connectivity index (χ2v) is 1.84. The normalized spacial score (nSPS) is 10.3. The summed E-state index contributed by atoms with van der Waals surface area (Å²) in [4.78, 5) is 0. The molecule has 0 aromatic heterocycles. The molecule has 0 aromatic rings. The van der Waals surface area contributed by atoms with E-state index in [9.17, 15) is 0 Å². The minimum atomic E-state index is -2.12. The molecule has 0 spiro atoms. The second kappa shape index (κ2) is 1.61. The van der Waals surface area contributed by atoms with Gasteiger partial charge in [0.2, 0.25) is 0 Å². The molecule has 6 heavy (non-hydrogen) atoms. The van der Waals surface area contributed by atoms with Gasteiger partial charge in [-0.2, -0.15) is 0 Å². The molecule has 0 heterocycles. The number of aliphatic hydroxyl groups is 2. The Hall–Kier alpha value is -0.0400. The molecule has 0 unspecified atom stereocenters. The lowest BCUT2D eigenvalue weighted by atomic mass is 10.7. The third-order valence-corrected chi connectivity index (χ3v) is 0.413. The molecule has 0 aliphatic heterocycles. The summed E-state index contributed by atoms with van der Waals surface area (Å²) in [5, 5.41) is 16.1. The number of halogens is 1. The highest BCUT2D eigenvalue weighted by Crippen LogP contribution is 2.04. The largest absolute Gasteiger partial charge is 0.347 e. The Morgan fingerprint density at radius 3 is 1.83 bits per heavy atom. The van der Waals surface area contributed by atoms with E-state index in [2.05, 4.69) is 22.4 Å². The number of terminal acetylenes is 1. The van der Waals surface area contributed by atoms with Gasteiger partial charge in [-0.1, -0.05) is 0 Å². The SMILES string of the molecule is C#CC(O)(O)Br. The van der Waals surface area contributed by atoms with Gasteiger partial charge in [0.05, 0.1) is 0 Å². The minimum absolute atomic E-state index is 1.63. The monoisotopic (exact) mass is 150 g/mol.